The Labute approximate surface area is 335 Å². The summed E-state index contributed by atoms with van der Waals surface area (Å²) in [6.45, 7) is 3.83. The largest absolute Gasteiger partial charge is 0.507 e. The molecule has 2 aliphatic carbocycles. The highest BCUT2D eigenvalue weighted by Gasteiger charge is 2.68. The first kappa shape index (κ1) is 35.1. The molecule has 4 amide bonds. The maximum atomic E-state index is 15.3. The fourth-order valence-electron chi connectivity index (χ4n) is 10.1. The first-order valence-corrected chi connectivity index (χ1v) is 20.1. The number of nitrogens with zero attached hydrogens (tertiary/aromatic N) is 4. The fourth-order valence-corrected chi connectivity index (χ4v) is 11.6. The molecule has 9 nitrogen and oxygen atoms in total. The van der Waals surface area contributed by atoms with Crippen LogP contribution in [0, 0.1) is 36.0 Å². The van der Waals surface area contributed by atoms with E-state index < -0.39 is 46.8 Å². The first-order chi connectivity index (χ1) is 26.9. The third kappa shape index (κ3) is 4.75. The molecule has 3 fully saturated rings. The minimum Gasteiger partial charge on any atom is -0.507 e. The van der Waals surface area contributed by atoms with Crippen molar-refractivity contribution in [1.29, 1.82) is 0 Å². The number of halogens is 2. The van der Waals surface area contributed by atoms with Gasteiger partial charge in [0.15, 0.2) is 0 Å². The second kappa shape index (κ2) is 12.4. The highest BCUT2D eigenvalue weighted by Crippen LogP contribution is 2.65. The van der Waals surface area contributed by atoms with Crippen LogP contribution in [0.25, 0.3) is 31.4 Å². The van der Waals surface area contributed by atoms with Gasteiger partial charge in [0.2, 0.25) is 23.6 Å². The molecule has 2 saturated heterocycles. The topological polar surface area (TPSA) is 113 Å². The number of rotatable bonds is 4. The van der Waals surface area contributed by atoms with Crippen LogP contribution < -0.4 is 9.80 Å². The van der Waals surface area contributed by atoms with Crippen molar-refractivity contribution in [2.75, 3.05) is 9.80 Å². The molecule has 280 valence electrons. The Morgan fingerprint density at radius 1 is 0.839 bits per heavy atom. The van der Waals surface area contributed by atoms with Crippen molar-refractivity contribution in [3.8, 4) is 16.3 Å². The van der Waals surface area contributed by atoms with Gasteiger partial charge in [-0.2, -0.15) is 5.10 Å². The number of carbonyl (C=O) groups is 4. The second-order valence-electron chi connectivity index (χ2n) is 15.6. The van der Waals surface area contributed by atoms with Crippen molar-refractivity contribution < 1.29 is 24.3 Å². The number of thiophene rings is 1. The molecule has 0 bridgehead atoms. The maximum Gasteiger partial charge on any atom is 0.242 e. The van der Waals surface area contributed by atoms with E-state index in [9.17, 15) is 19.5 Å². The third-order valence-electron chi connectivity index (χ3n) is 12.8. The van der Waals surface area contributed by atoms with Gasteiger partial charge in [0.25, 0.3) is 0 Å². The highest BCUT2D eigenvalue weighted by molar-refractivity contribution is 7.22. The van der Waals surface area contributed by atoms with Crippen LogP contribution in [-0.4, -0.2) is 38.5 Å². The highest BCUT2D eigenvalue weighted by atomic mass is 35.5. The summed E-state index contributed by atoms with van der Waals surface area (Å²) in [6, 6.07) is 25.4. The van der Waals surface area contributed by atoms with E-state index in [1.165, 1.54) is 9.80 Å². The zero-order valence-corrected chi connectivity index (χ0v) is 32.8. The van der Waals surface area contributed by atoms with E-state index in [0.717, 1.165) is 31.5 Å². The number of imide groups is 2. The molecule has 4 aliphatic rings. The van der Waals surface area contributed by atoms with Gasteiger partial charge >= 0.3 is 0 Å². The van der Waals surface area contributed by atoms with E-state index in [0.29, 0.717) is 38.2 Å². The quantitative estimate of drug-likeness (QED) is 0.141. The standard InChI is InChI=1S/C44H34Cl2N4O5S/c1-21-30-18-24(46)11-17-34(30)56-39(21)33-20-35(48(3)47-33)50-41(53)32-19-31-27(15-16-28-36(31)42(54)49(40(28)52)25-12-9-23(45)10-13-25)37(44(32,2)43(50)55)29-14-8-22-6-4-5-7-26(22)38(29)51/h4-15,17-18,20,28,31-32,36-37,51H,16,19H2,1-3H3/t28-,31+,32-,36-,37+,44+/m0/s1. The SMILES string of the molecule is Cc1c(-c2cc(N3C(=O)[C@@H]4C[C@@H]5C(=CC[C@@H]6C(=O)N(c7ccc(Cl)cc7)C(=O)[C@@H]65)[C@H](c5ccc6ccccc6c5O)[C@]4(C)C3=O)n(C)n2)sc2ccc(Cl)cc12. The summed E-state index contributed by atoms with van der Waals surface area (Å²) in [4.78, 5) is 62.2. The van der Waals surface area contributed by atoms with Crippen LogP contribution in [0.3, 0.4) is 0 Å². The van der Waals surface area contributed by atoms with E-state index in [2.05, 4.69) is 0 Å². The maximum absolute atomic E-state index is 15.3. The van der Waals surface area contributed by atoms with Crippen molar-refractivity contribution >= 4 is 90.5 Å². The van der Waals surface area contributed by atoms with Crippen molar-refractivity contribution in [2.45, 2.75) is 32.6 Å². The van der Waals surface area contributed by atoms with E-state index in [1.807, 2.05) is 74.5 Å². The fraction of sp³-hybridized carbons (Fsp3) is 0.250. The molecule has 4 aromatic carbocycles. The number of allylic oxidation sites excluding steroid dienone is 2. The molecule has 6 aromatic rings. The van der Waals surface area contributed by atoms with Gasteiger partial charge in [0.05, 0.1) is 33.7 Å². The van der Waals surface area contributed by atoms with Gasteiger partial charge in [-0.25, -0.2) is 4.90 Å². The zero-order chi connectivity index (χ0) is 38.9. The lowest BCUT2D eigenvalue weighted by molar-refractivity contribution is -0.131. The van der Waals surface area contributed by atoms with Crippen LogP contribution in [0.2, 0.25) is 10.0 Å². The molecule has 56 heavy (non-hydrogen) atoms. The number of anilines is 2. The average molecular weight is 802 g/mol. The van der Waals surface area contributed by atoms with Crippen molar-refractivity contribution in [3.05, 3.63) is 118 Å². The minimum absolute atomic E-state index is 0.0234. The predicted molar refractivity (Wildman–Crippen MR) is 218 cm³/mol. The number of aromatic nitrogens is 2. The van der Waals surface area contributed by atoms with Crippen LogP contribution in [0.15, 0.2) is 96.6 Å². The normalized spacial score (nSPS) is 25.9. The Morgan fingerprint density at radius 2 is 1.59 bits per heavy atom. The number of hydrogen-bond acceptors (Lipinski definition) is 7. The Bertz CT molecular complexity index is 2770. The molecular formula is C44H34Cl2N4O5S. The summed E-state index contributed by atoms with van der Waals surface area (Å²) in [7, 11) is 1.72. The van der Waals surface area contributed by atoms with Crippen LogP contribution in [0.1, 0.15) is 36.8 Å². The Balaban J connectivity index is 1.11. The van der Waals surface area contributed by atoms with Crippen LogP contribution in [-0.2, 0) is 26.2 Å². The molecule has 12 heteroatoms. The zero-order valence-electron chi connectivity index (χ0n) is 30.5. The van der Waals surface area contributed by atoms with Gasteiger partial charge in [-0.05, 0) is 91.4 Å². The molecule has 10 rings (SSSR count). The summed E-state index contributed by atoms with van der Waals surface area (Å²) >= 11 is 14.1. The minimum atomic E-state index is -1.34. The lowest BCUT2D eigenvalue weighted by Gasteiger charge is -2.49. The number of carbonyl (C=O) groups excluding carboxylic acids is 4. The van der Waals surface area contributed by atoms with Gasteiger partial charge < -0.3 is 5.11 Å². The first-order valence-electron chi connectivity index (χ1n) is 18.5. The molecule has 1 saturated carbocycles. The van der Waals surface area contributed by atoms with Crippen LogP contribution in [0.5, 0.6) is 5.75 Å². The summed E-state index contributed by atoms with van der Waals surface area (Å²) in [5.41, 5.74) is 2.01. The Hall–Kier alpha value is -5.29. The number of fused-ring (bicyclic) bond motifs is 6. The monoisotopic (exact) mass is 800 g/mol. The second-order valence-corrected chi connectivity index (χ2v) is 17.5. The number of phenolic OH excluding ortho intramolecular Hbond substituents is 1. The Kier molecular flexibility index (Phi) is 7.75. The molecule has 6 atom stereocenters. The van der Waals surface area contributed by atoms with Crippen molar-refractivity contribution in [2.24, 2.45) is 36.1 Å². The third-order valence-corrected chi connectivity index (χ3v) is 14.6. The van der Waals surface area contributed by atoms with E-state index in [-0.39, 0.29) is 30.4 Å². The summed E-state index contributed by atoms with van der Waals surface area (Å²) in [5.74, 6) is -4.65. The molecule has 1 N–H and O–H groups in total. The molecule has 0 spiro atoms. The molecule has 4 heterocycles. The van der Waals surface area contributed by atoms with Crippen molar-refractivity contribution in [1.82, 2.24) is 9.78 Å². The number of aryl methyl sites for hydroxylation is 2. The Morgan fingerprint density at radius 3 is 2.38 bits per heavy atom. The number of phenols is 1. The van der Waals surface area contributed by atoms with E-state index >= 15 is 4.79 Å². The van der Waals surface area contributed by atoms with Gasteiger partial charge in [-0.3, -0.25) is 28.8 Å². The average Bonchev–Trinajstić information content (AvgIpc) is 3.86. The predicted octanol–water partition coefficient (Wildman–Crippen LogP) is 9.21. The summed E-state index contributed by atoms with van der Waals surface area (Å²) in [5, 5.41) is 20.4. The smallest absolute Gasteiger partial charge is 0.242 e. The molecule has 0 unspecified atom stereocenters. The summed E-state index contributed by atoms with van der Waals surface area (Å²) in [6.07, 6.45) is 2.46. The number of amides is 4. The van der Waals surface area contributed by atoms with Gasteiger partial charge in [0.1, 0.15) is 17.3 Å². The van der Waals surface area contributed by atoms with Gasteiger partial charge in [0, 0.05) is 44.7 Å². The lowest BCUT2D eigenvalue weighted by Crippen LogP contribution is -2.49. The summed E-state index contributed by atoms with van der Waals surface area (Å²) < 4.78 is 2.61. The lowest BCUT2D eigenvalue weighted by atomic mass is 9.51. The number of aromatic hydroxyl groups is 1. The molecule has 2 aromatic heterocycles. The number of hydrogen-bond donors (Lipinski definition) is 1. The van der Waals surface area contributed by atoms with Gasteiger partial charge in [-0.1, -0.05) is 71.2 Å². The number of benzene rings is 4. The molecule has 2 aliphatic heterocycles. The van der Waals surface area contributed by atoms with E-state index in [4.69, 9.17) is 28.3 Å². The van der Waals surface area contributed by atoms with E-state index in [1.54, 1.807) is 53.4 Å². The van der Waals surface area contributed by atoms with Crippen molar-refractivity contribution in [3.63, 3.8) is 0 Å². The molecular weight excluding hydrogens is 767 g/mol. The van der Waals surface area contributed by atoms with Crippen LogP contribution in [0.4, 0.5) is 11.5 Å². The molecule has 0 radical (unpaired) electrons. The van der Waals surface area contributed by atoms with Crippen LogP contribution >= 0.6 is 34.5 Å². The van der Waals surface area contributed by atoms with Gasteiger partial charge in [-0.15, -0.1) is 11.3 Å².